The first kappa shape index (κ1) is 27.9. The normalized spacial score (nSPS) is 19.3. The van der Waals surface area contributed by atoms with E-state index in [1.165, 1.54) is 5.69 Å². The summed E-state index contributed by atoms with van der Waals surface area (Å²) in [5.74, 6) is 1.18. The molecule has 35 heavy (non-hydrogen) atoms. The number of hydrogen-bond donors (Lipinski definition) is 1. The van der Waals surface area contributed by atoms with Crippen LogP contribution in [0.1, 0.15) is 51.6 Å². The van der Waals surface area contributed by atoms with Crippen LogP contribution in [-0.2, 0) is 22.9 Å². The zero-order valence-corrected chi connectivity index (χ0v) is 25.3. The van der Waals surface area contributed by atoms with Crippen LogP contribution in [-0.4, -0.2) is 43.4 Å². The Bertz CT molecular complexity index is 1050. The highest BCUT2D eigenvalue weighted by Gasteiger charge is 2.41. The standard InChI is InChI=1S/C26H46N4O3Si2/c1-26(2,3)35(8,9)33-22-12-10-20(16-22)23-17-24(27-21-11-13-25(31)29(4)18-21)28-30(23)19-32-14-15-34(5,6)7/h11,13,17-18,20,22H,10,12,14-16,19H2,1-9H3,(H,27,28). The topological polar surface area (TPSA) is 70.3 Å². The van der Waals surface area contributed by atoms with Crippen LogP contribution in [0, 0.1) is 0 Å². The average molecular weight is 519 g/mol. The van der Waals surface area contributed by atoms with Gasteiger partial charge in [-0.15, -0.1) is 0 Å². The van der Waals surface area contributed by atoms with E-state index in [1.54, 1.807) is 29.9 Å². The maximum absolute atomic E-state index is 11.8. The van der Waals surface area contributed by atoms with E-state index in [-0.39, 0.29) is 10.6 Å². The van der Waals surface area contributed by atoms with Crippen LogP contribution in [0.5, 0.6) is 0 Å². The molecule has 0 aliphatic heterocycles. The molecule has 0 aromatic carbocycles. The summed E-state index contributed by atoms with van der Waals surface area (Å²) in [4.78, 5) is 11.8. The van der Waals surface area contributed by atoms with E-state index in [1.807, 2.05) is 4.68 Å². The Morgan fingerprint density at radius 3 is 2.49 bits per heavy atom. The average Bonchev–Trinajstić information content (AvgIpc) is 3.33. The van der Waals surface area contributed by atoms with Crippen LogP contribution in [0.25, 0.3) is 0 Å². The van der Waals surface area contributed by atoms with Crippen LogP contribution >= 0.6 is 0 Å². The Morgan fingerprint density at radius 2 is 1.86 bits per heavy atom. The molecule has 1 aliphatic carbocycles. The predicted octanol–water partition coefficient (Wildman–Crippen LogP) is 6.30. The van der Waals surface area contributed by atoms with E-state index >= 15 is 0 Å². The number of anilines is 2. The summed E-state index contributed by atoms with van der Waals surface area (Å²) < 4.78 is 16.4. The molecule has 1 aliphatic rings. The summed E-state index contributed by atoms with van der Waals surface area (Å²) >= 11 is 0. The van der Waals surface area contributed by atoms with E-state index in [4.69, 9.17) is 14.3 Å². The Hall–Kier alpha value is -1.69. The second-order valence-corrected chi connectivity index (χ2v) is 23.2. The van der Waals surface area contributed by atoms with E-state index in [0.29, 0.717) is 18.8 Å². The lowest BCUT2D eigenvalue weighted by molar-refractivity contribution is 0.0756. The van der Waals surface area contributed by atoms with Crippen molar-refractivity contribution in [3.05, 3.63) is 40.4 Å². The van der Waals surface area contributed by atoms with Crippen molar-refractivity contribution >= 4 is 27.9 Å². The first-order valence-corrected chi connectivity index (χ1v) is 19.5. The molecular weight excluding hydrogens is 472 g/mol. The van der Waals surface area contributed by atoms with Crippen molar-refractivity contribution in [2.24, 2.45) is 7.05 Å². The number of nitrogens with one attached hydrogen (secondary N) is 1. The molecule has 1 fully saturated rings. The number of aryl methyl sites for hydroxylation is 1. The van der Waals surface area contributed by atoms with Crippen molar-refractivity contribution in [1.82, 2.24) is 14.3 Å². The van der Waals surface area contributed by atoms with Gasteiger partial charge in [0, 0.05) is 57.8 Å². The minimum absolute atomic E-state index is 0.0312. The summed E-state index contributed by atoms with van der Waals surface area (Å²) in [5, 5.41) is 8.44. The molecule has 0 radical (unpaired) electrons. The zero-order chi connectivity index (χ0) is 26.0. The van der Waals surface area contributed by atoms with E-state index in [2.05, 4.69) is 64.9 Å². The zero-order valence-electron chi connectivity index (χ0n) is 23.3. The largest absolute Gasteiger partial charge is 0.414 e. The van der Waals surface area contributed by atoms with Gasteiger partial charge in [0.15, 0.2) is 14.1 Å². The van der Waals surface area contributed by atoms with Crippen molar-refractivity contribution in [2.75, 3.05) is 11.9 Å². The Kier molecular flexibility index (Phi) is 8.56. The second kappa shape index (κ2) is 10.7. The van der Waals surface area contributed by atoms with E-state index < -0.39 is 16.4 Å². The molecule has 196 valence electrons. The van der Waals surface area contributed by atoms with Crippen molar-refractivity contribution in [3.63, 3.8) is 0 Å². The summed E-state index contributed by atoms with van der Waals surface area (Å²) in [6, 6.07) is 6.65. The first-order chi connectivity index (χ1) is 16.1. The molecule has 7 nitrogen and oxygen atoms in total. The maximum Gasteiger partial charge on any atom is 0.250 e. The van der Waals surface area contributed by atoms with Gasteiger partial charge in [-0.2, -0.15) is 5.10 Å². The summed E-state index contributed by atoms with van der Waals surface area (Å²) in [6.07, 6.45) is 5.30. The van der Waals surface area contributed by atoms with Crippen molar-refractivity contribution in [3.8, 4) is 0 Å². The predicted molar refractivity (Wildman–Crippen MR) is 150 cm³/mol. The van der Waals surface area contributed by atoms with Gasteiger partial charge in [-0.1, -0.05) is 40.4 Å². The monoisotopic (exact) mass is 518 g/mol. The smallest absolute Gasteiger partial charge is 0.250 e. The van der Waals surface area contributed by atoms with Crippen LogP contribution in [0.3, 0.4) is 0 Å². The number of hydrogen-bond acceptors (Lipinski definition) is 5. The number of aromatic nitrogens is 3. The van der Waals surface area contributed by atoms with Gasteiger partial charge < -0.3 is 19.0 Å². The third-order valence-corrected chi connectivity index (χ3v) is 13.7. The molecule has 0 saturated heterocycles. The molecule has 2 aromatic rings. The molecule has 0 bridgehead atoms. The fourth-order valence-corrected chi connectivity index (χ4v) is 6.34. The highest BCUT2D eigenvalue weighted by molar-refractivity contribution is 6.76. The second-order valence-electron chi connectivity index (χ2n) is 12.8. The van der Waals surface area contributed by atoms with Crippen LogP contribution < -0.4 is 10.9 Å². The number of nitrogens with zero attached hydrogens (tertiary/aromatic N) is 3. The summed E-state index contributed by atoms with van der Waals surface area (Å²) in [6.45, 7) is 19.9. The van der Waals surface area contributed by atoms with Crippen molar-refractivity contribution in [1.29, 1.82) is 0 Å². The molecule has 3 rings (SSSR count). The molecule has 2 heterocycles. The molecular formula is C26H46N4O3Si2. The highest BCUT2D eigenvalue weighted by atomic mass is 28.4. The molecule has 9 heteroatoms. The minimum Gasteiger partial charge on any atom is -0.414 e. The summed E-state index contributed by atoms with van der Waals surface area (Å²) in [5.41, 5.74) is 2.01. The van der Waals surface area contributed by atoms with Gasteiger partial charge in [0.1, 0.15) is 6.73 Å². The SMILES string of the molecule is Cn1cc(Nc2cc(C3CCC(O[Si](C)(C)C(C)(C)C)C3)n(COCC[Si](C)(C)C)n2)ccc1=O. The summed E-state index contributed by atoms with van der Waals surface area (Å²) in [7, 11) is -1.19. The number of ether oxygens (including phenoxy) is 1. The highest BCUT2D eigenvalue weighted by Crippen LogP contribution is 2.43. The van der Waals surface area contributed by atoms with Gasteiger partial charge in [0.2, 0.25) is 5.56 Å². The van der Waals surface area contributed by atoms with Gasteiger partial charge in [0.05, 0.1) is 5.69 Å². The van der Waals surface area contributed by atoms with Gasteiger partial charge in [0.25, 0.3) is 0 Å². The molecule has 2 aromatic heterocycles. The number of pyridine rings is 1. The molecule has 1 saturated carbocycles. The Morgan fingerprint density at radius 1 is 1.14 bits per heavy atom. The van der Waals surface area contributed by atoms with Gasteiger partial charge in [-0.25, -0.2) is 4.68 Å². The third-order valence-electron chi connectivity index (χ3n) is 7.45. The van der Waals surface area contributed by atoms with Crippen LogP contribution in [0.15, 0.2) is 29.2 Å². The number of rotatable bonds is 10. The molecule has 0 amide bonds. The lowest BCUT2D eigenvalue weighted by atomic mass is 10.0. The lowest BCUT2D eigenvalue weighted by Gasteiger charge is -2.38. The molecule has 1 N–H and O–H groups in total. The van der Waals surface area contributed by atoms with E-state index in [9.17, 15) is 4.79 Å². The Balaban J connectivity index is 1.76. The minimum atomic E-state index is -1.80. The fraction of sp³-hybridized carbons (Fsp3) is 0.692. The Labute approximate surface area is 213 Å². The molecule has 0 spiro atoms. The lowest BCUT2D eigenvalue weighted by Crippen LogP contribution is -2.43. The van der Waals surface area contributed by atoms with Crippen molar-refractivity contribution < 1.29 is 9.16 Å². The van der Waals surface area contributed by atoms with Crippen molar-refractivity contribution in [2.45, 2.75) is 103 Å². The van der Waals surface area contributed by atoms with Gasteiger partial charge in [-0.05, 0) is 49.5 Å². The van der Waals surface area contributed by atoms with Gasteiger partial charge in [-0.3, -0.25) is 4.79 Å². The van der Waals surface area contributed by atoms with Crippen LogP contribution in [0.4, 0.5) is 11.5 Å². The maximum atomic E-state index is 11.8. The third kappa shape index (κ3) is 7.65. The molecule has 2 atom stereocenters. The quantitative estimate of drug-likeness (QED) is 0.295. The van der Waals surface area contributed by atoms with Crippen LogP contribution in [0.2, 0.25) is 43.8 Å². The fourth-order valence-electron chi connectivity index (χ4n) is 4.18. The first-order valence-electron chi connectivity index (χ1n) is 12.9. The molecule has 2 unspecified atom stereocenters. The van der Waals surface area contributed by atoms with Gasteiger partial charge >= 0.3 is 0 Å². The van der Waals surface area contributed by atoms with E-state index in [0.717, 1.165) is 43.4 Å².